The summed E-state index contributed by atoms with van der Waals surface area (Å²) < 4.78 is 4.82. The number of nitrogen functional groups attached to an aromatic ring is 1. The van der Waals surface area contributed by atoms with Crippen molar-refractivity contribution < 1.29 is 24.5 Å². The van der Waals surface area contributed by atoms with Crippen molar-refractivity contribution in [3.05, 3.63) is 23.8 Å². The van der Waals surface area contributed by atoms with Gasteiger partial charge < -0.3 is 20.7 Å². The molecule has 1 rings (SSSR count). The molecule has 15 heavy (non-hydrogen) atoms. The number of ether oxygens (including phenoxy) is 1. The van der Waals surface area contributed by atoms with Gasteiger partial charge in [-0.05, 0) is 18.2 Å². The normalized spacial score (nSPS) is 9.60. The lowest BCUT2D eigenvalue weighted by Crippen LogP contribution is -2.10. The summed E-state index contributed by atoms with van der Waals surface area (Å²) in [4.78, 5) is 20.7. The Kier molecular flexibility index (Phi) is 3.12. The van der Waals surface area contributed by atoms with E-state index in [1.54, 1.807) is 0 Å². The van der Waals surface area contributed by atoms with Gasteiger partial charge in [-0.2, -0.15) is 0 Å². The van der Waals surface area contributed by atoms with Gasteiger partial charge in [-0.3, -0.25) is 0 Å². The largest absolute Gasteiger partial charge is 0.480 e. The molecule has 4 N–H and O–H groups in total. The van der Waals surface area contributed by atoms with E-state index in [0.717, 1.165) is 0 Å². The Balaban J connectivity index is 2.83. The summed E-state index contributed by atoms with van der Waals surface area (Å²) in [6.45, 7) is -0.517. The third-order valence-electron chi connectivity index (χ3n) is 1.61. The molecule has 0 heterocycles. The molecule has 0 aliphatic carbocycles. The average Bonchev–Trinajstić information content (AvgIpc) is 2.15. The zero-order valence-electron chi connectivity index (χ0n) is 7.64. The first-order valence-electron chi connectivity index (χ1n) is 3.98. The van der Waals surface area contributed by atoms with Gasteiger partial charge in [0.05, 0.1) is 11.3 Å². The Morgan fingerprint density at radius 1 is 1.33 bits per heavy atom. The number of anilines is 1. The number of hydrogen-bond acceptors (Lipinski definition) is 4. The fraction of sp³-hybridized carbons (Fsp3) is 0.111. The molecule has 0 saturated heterocycles. The quantitative estimate of drug-likeness (QED) is 0.623. The van der Waals surface area contributed by atoms with Gasteiger partial charge >= 0.3 is 11.9 Å². The molecule has 0 aromatic heterocycles. The maximum Gasteiger partial charge on any atom is 0.341 e. The predicted molar refractivity (Wildman–Crippen MR) is 50.9 cm³/mol. The summed E-state index contributed by atoms with van der Waals surface area (Å²) in [5, 5.41) is 17.0. The van der Waals surface area contributed by atoms with Gasteiger partial charge in [-0.25, -0.2) is 9.59 Å². The van der Waals surface area contributed by atoms with Crippen LogP contribution in [0.4, 0.5) is 5.69 Å². The van der Waals surface area contributed by atoms with Gasteiger partial charge in [-0.1, -0.05) is 0 Å². The van der Waals surface area contributed by atoms with Gasteiger partial charge in [0.15, 0.2) is 6.61 Å². The lowest BCUT2D eigenvalue weighted by atomic mass is 10.2. The second kappa shape index (κ2) is 4.32. The summed E-state index contributed by atoms with van der Waals surface area (Å²) in [7, 11) is 0. The summed E-state index contributed by atoms with van der Waals surface area (Å²) in [5.74, 6) is -2.08. The minimum atomic E-state index is -1.13. The molecule has 0 unspecified atom stereocenters. The number of aliphatic carboxylic acids is 1. The lowest BCUT2D eigenvalue weighted by molar-refractivity contribution is -0.139. The van der Waals surface area contributed by atoms with Crippen molar-refractivity contribution in [2.24, 2.45) is 0 Å². The minimum Gasteiger partial charge on any atom is -0.480 e. The molecule has 6 nitrogen and oxygen atoms in total. The Morgan fingerprint density at radius 3 is 2.47 bits per heavy atom. The fourth-order valence-corrected chi connectivity index (χ4v) is 0.952. The van der Waals surface area contributed by atoms with Crippen LogP contribution in [0.1, 0.15) is 10.4 Å². The van der Waals surface area contributed by atoms with Crippen LogP contribution in [0.15, 0.2) is 18.2 Å². The van der Waals surface area contributed by atoms with Crippen molar-refractivity contribution in [3.8, 4) is 5.75 Å². The van der Waals surface area contributed by atoms with Crippen LogP contribution in [0.2, 0.25) is 0 Å². The van der Waals surface area contributed by atoms with Crippen molar-refractivity contribution in [2.75, 3.05) is 12.3 Å². The van der Waals surface area contributed by atoms with E-state index in [1.165, 1.54) is 18.2 Å². The molecule has 1 aromatic carbocycles. The Bertz CT molecular complexity index is 401. The lowest BCUT2D eigenvalue weighted by Gasteiger charge is -2.06. The van der Waals surface area contributed by atoms with Gasteiger partial charge in [0, 0.05) is 0 Å². The summed E-state index contributed by atoms with van der Waals surface area (Å²) in [6, 6.07) is 3.82. The number of benzene rings is 1. The Morgan fingerprint density at radius 2 is 2.00 bits per heavy atom. The number of nitrogens with two attached hydrogens (primary N) is 1. The van der Waals surface area contributed by atoms with Crippen molar-refractivity contribution in [2.45, 2.75) is 0 Å². The number of hydrogen-bond donors (Lipinski definition) is 3. The molecule has 0 spiro atoms. The highest BCUT2D eigenvalue weighted by atomic mass is 16.5. The third-order valence-corrected chi connectivity index (χ3v) is 1.61. The topological polar surface area (TPSA) is 110 Å². The molecule has 80 valence electrons. The van der Waals surface area contributed by atoms with Crippen molar-refractivity contribution in [1.29, 1.82) is 0 Å². The second-order valence-corrected chi connectivity index (χ2v) is 2.74. The van der Waals surface area contributed by atoms with E-state index >= 15 is 0 Å². The van der Waals surface area contributed by atoms with Gasteiger partial charge in [-0.15, -0.1) is 0 Å². The van der Waals surface area contributed by atoms with Gasteiger partial charge in [0.1, 0.15) is 5.75 Å². The van der Waals surface area contributed by atoms with E-state index in [9.17, 15) is 9.59 Å². The van der Waals surface area contributed by atoms with E-state index in [0.29, 0.717) is 0 Å². The van der Waals surface area contributed by atoms with Crippen molar-refractivity contribution in [3.63, 3.8) is 0 Å². The van der Waals surface area contributed by atoms with Crippen LogP contribution in [0.5, 0.6) is 5.75 Å². The van der Waals surface area contributed by atoms with Crippen LogP contribution in [-0.4, -0.2) is 28.8 Å². The first kappa shape index (κ1) is 10.8. The monoisotopic (exact) mass is 211 g/mol. The molecule has 1 aromatic rings. The molecule has 0 aliphatic rings. The zero-order chi connectivity index (χ0) is 11.4. The van der Waals surface area contributed by atoms with E-state index in [-0.39, 0.29) is 17.0 Å². The van der Waals surface area contributed by atoms with Crippen LogP contribution in [0.3, 0.4) is 0 Å². The highest BCUT2D eigenvalue weighted by Gasteiger charge is 2.08. The predicted octanol–water partition coefficient (Wildman–Crippen LogP) is 0.430. The molecular formula is C9H9NO5. The molecule has 0 bridgehead atoms. The molecular weight excluding hydrogens is 202 g/mol. The van der Waals surface area contributed by atoms with E-state index in [2.05, 4.69) is 0 Å². The van der Waals surface area contributed by atoms with Crippen LogP contribution in [0, 0.1) is 0 Å². The zero-order valence-corrected chi connectivity index (χ0v) is 7.64. The highest BCUT2D eigenvalue weighted by molar-refractivity contribution is 5.89. The standard InChI is InChI=1S/C9H9NO5/c10-6-3-5(9(13)14)1-2-7(6)15-4-8(11)12/h1-3H,4,10H2,(H,11,12)(H,13,14). The smallest absolute Gasteiger partial charge is 0.341 e. The van der Waals surface area contributed by atoms with Crippen LogP contribution < -0.4 is 10.5 Å². The molecule has 0 amide bonds. The maximum atomic E-state index is 10.5. The first-order valence-corrected chi connectivity index (χ1v) is 3.98. The highest BCUT2D eigenvalue weighted by Crippen LogP contribution is 2.22. The fourth-order valence-electron chi connectivity index (χ4n) is 0.952. The van der Waals surface area contributed by atoms with E-state index in [1.807, 2.05) is 0 Å². The van der Waals surface area contributed by atoms with E-state index in [4.69, 9.17) is 20.7 Å². The first-order chi connectivity index (χ1) is 7.00. The maximum absolute atomic E-state index is 10.5. The van der Waals surface area contributed by atoms with E-state index < -0.39 is 18.5 Å². The summed E-state index contributed by atoms with van der Waals surface area (Å²) >= 11 is 0. The average molecular weight is 211 g/mol. The second-order valence-electron chi connectivity index (χ2n) is 2.74. The molecule has 0 radical (unpaired) electrons. The number of carboxylic acid groups (broad SMARTS) is 2. The van der Waals surface area contributed by atoms with Crippen molar-refractivity contribution in [1.82, 2.24) is 0 Å². The van der Waals surface area contributed by atoms with Crippen LogP contribution >= 0.6 is 0 Å². The summed E-state index contributed by atoms with van der Waals surface area (Å²) in [6.07, 6.45) is 0. The molecule has 6 heteroatoms. The number of carbonyl (C=O) groups is 2. The number of rotatable bonds is 4. The molecule has 0 saturated carbocycles. The van der Waals surface area contributed by atoms with Gasteiger partial charge in [0.25, 0.3) is 0 Å². The molecule has 0 atom stereocenters. The molecule has 0 aliphatic heterocycles. The van der Waals surface area contributed by atoms with Crippen molar-refractivity contribution >= 4 is 17.6 Å². The summed E-state index contributed by atoms with van der Waals surface area (Å²) in [5.41, 5.74) is 5.58. The molecule has 0 fully saturated rings. The van der Waals surface area contributed by atoms with Crippen LogP contribution in [-0.2, 0) is 4.79 Å². The Labute approximate surface area is 84.9 Å². The number of aromatic carboxylic acids is 1. The minimum absolute atomic E-state index is 0.0233. The third kappa shape index (κ3) is 2.87. The SMILES string of the molecule is Nc1cc(C(=O)O)ccc1OCC(=O)O. The van der Waals surface area contributed by atoms with Gasteiger partial charge in [0.2, 0.25) is 0 Å². The number of carboxylic acids is 2. The Hall–Kier alpha value is -2.24. The van der Waals surface area contributed by atoms with Crippen LogP contribution in [0.25, 0.3) is 0 Å².